The van der Waals surface area contributed by atoms with Crippen LogP contribution in [-0.4, -0.2) is 43.6 Å². The van der Waals surface area contributed by atoms with Gasteiger partial charge in [-0.15, -0.1) is 0 Å². The molecule has 1 aliphatic heterocycles. The number of nitrogens with two attached hydrogens (primary N) is 1. The van der Waals surface area contributed by atoms with Gasteiger partial charge in [0.2, 0.25) is 0 Å². The van der Waals surface area contributed by atoms with E-state index in [4.69, 9.17) is 5.73 Å². The lowest BCUT2D eigenvalue weighted by molar-refractivity contribution is 0.285. The largest absolute Gasteiger partial charge is 0.384 e. The van der Waals surface area contributed by atoms with Crippen molar-refractivity contribution in [2.45, 2.75) is 12.8 Å². The summed E-state index contributed by atoms with van der Waals surface area (Å²) in [5, 5.41) is 0. The average molecular weight is 234 g/mol. The Balaban J connectivity index is 1.88. The molecule has 1 saturated heterocycles. The smallest absolute Gasteiger partial charge is 0.123 e. The van der Waals surface area contributed by atoms with Crippen molar-refractivity contribution in [1.82, 2.24) is 9.88 Å². The van der Waals surface area contributed by atoms with Crippen LogP contribution in [0, 0.1) is 5.92 Å². The maximum atomic E-state index is 5.60. The van der Waals surface area contributed by atoms with Crippen LogP contribution in [0.5, 0.6) is 0 Å². The summed E-state index contributed by atoms with van der Waals surface area (Å²) in [4.78, 5) is 8.83. The van der Waals surface area contributed by atoms with E-state index in [0.717, 1.165) is 19.0 Å². The van der Waals surface area contributed by atoms with Crippen LogP contribution in [0.4, 0.5) is 11.5 Å². The molecular weight excluding hydrogens is 212 g/mol. The van der Waals surface area contributed by atoms with Crippen LogP contribution < -0.4 is 10.6 Å². The van der Waals surface area contributed by atoms with Gasteiger partial charge in [0.1, 0.15) is 5.82 Å². The molecule has 0 aromatic carbocycles. The third-order valence-electron chi connectivity index (χ3n) is 3.37. The van der Waals surface area contributed by atoms with E-state index in [2.05, 4.69) is 34.9 Å². The van der Waals surface area contributed by atoms with Crippen molar-refractivity contribution in [1.29, 1.82) is 0 Å². The minimum atomic E-state index is 0.594. The molecule has 0 saturated carbocycles. The molecular formula is C13H22N4. The molecule has 17 heavy (non-hydrogen) atoms. The molecule has 1 aromatic rings. The summed E-state index contributed by atoms with van der Waals surface area (Å²) in [6.07, 6.45) is 4.41. The molecule has 0 bridgehead atoms. The van der Waals surface area contributed by atoms with E-state index >= 15 is 0 Å². The van der Waals surface area contributed by atoms with Gasteiger partial charge in [-0.25, -0.2) is 4.98 Å². The highest BCUT2D eigenvalue weighted by Crippen LogP contribution is 2.23. The predicted molar refractivity (Wildman–Crippen MR) is 72.1 cm³/mol. The molecule has 0 atom stereocenters. The van der Waals surface area contributed by atoms with E-state index in [1.54, 1.807) is 0 Å². The topological polar surface area (TPSA) is 45.4 Å². The summed E-state index contributed by atoms with van der Waals surface area (Å²) in [5.41, 5.74) is 6.79. The average Bonchev–Trinajstić information content (AvgIpc) is 2.30. The second kappa shape index (κ2) is 5.36. The van der Waals surface area contributed by atoms with Gasteiger partial charge in [-0.05, 0) is 45.0 Å². The molecule has 94 valence electrons. The molecule has 4 nitrogen and oxygen atoms in total. The van der Waals surface area contributed by atoms with Gasteiger partial charge in [-0.2, -0.15) is 0 Å². The number of aromatic nitrogens is 1. The highest BCUT2D eigenvalue weighted by molar-refractivity contribution is 5.48. The van der Waals surface area contributed by atoms with E-state index in [-0.39, 0.29) is 0 Å². The minimum Gasteiger partial charge on any atom is -0.384 e. The van der Waals surface area contributed by atoms with Crippen LogP contribution in [-0.2, 0) is 0 Å². The molecule has 2 N–H and O–H groups in total. The van der Waals surface area contributed by atoms with Crippen molar-refractivity contribution in [3.8, 4) is 0 Å². The number of piperidine rings is 1. The van der Waals surface area contributed by atoms with Crippen molar-refractivity contribution < 1.29 is 0 Å². The molecule has 1 fully saturated rings. The Hall–Kier alpha value is -1.29. The monoisotopic (exact) mass is 234 g/mol. The number of nitrogens with zero attached hydrogens (tertiary/aromatic N) is 3. The Morgan fingerprint density at radius 3 is 2.59 bits per heavy atom. The molecule has 1 aliphatic rings. The number of nitrogen functional groups attached to an aromatic ring is 1. The van der Waals surface area contributed by atoms with Gasteiger partial charge in [0.25, 0.3) is 0 Å². The quantitative estimate of drug-likeness (QED) is 0.859. The third-order valence-corrected chi connectivity index (χ3v) is 3.37. The molecule has 2 heterocycles. The summed E-state index contributed by atoms with van der Waals surface area (Å²) >= 11 is 0. The normalized spacial score (nSPS) is 17.7. The van der Waals surface area contributed by atoms with Crippen LogP contribution in [0.2, 0.25) is 0 Å². The molecule has 1 aromatic heterocycles. The lowest BCUT2D eigenvalue weighted by atomic mass is 9.96. The first kappa shape index (κ1) is 12.2. The molecule has 0 unspecified atom stereocenters. The SMILES string of the molecule is CN(C)CC1CCN(c2ccc(N)nc2)CC1. The highest BCUT2D eigenvalue weighted by Gasteiger charge is 2.19. The molecule has 0 spiro atoms. The minimum absolute atomic E-state index is 0.594. The maximum absolute atomic E-state index is 5.60. The van der Waals surface area contributed by atoms with Crippen LogP contribution in [0.3, 0.4) is 0 Å². The zero-order valence-corrected chi connectivity index (χ0v) is 10.8. The fraction of sp³-hybridized carbons (Fsp3) is 0.615. The van der Waals surface area contributed by atoms with Gasteiger partial charge in [0.15, 0.2) is 0 Å². The first-order valence-corrected chi connectivity index (χ1v) is 6.26. The predicted octanol–water partition coefficient (Wildman–Crippen LogP) is 1.44. The third kappa shape index (κ3) is 3.33. The number of rotatable bonds is 3. The number of pyridine rings is 1. The number of anilines is 2. The molecule has 0 aliphatic carbocycles. The van der Waals surface area contributed by atoms with Crippen molar-refractivity contribution >= 4 is 11.5 Å². The number of hydrogen-bond acceptors (Lipinski definition) is 4. The Labute approximate surface area is 103 Å². The van der Waals surface area contributed by atoms with Gasteiger partial charge in [-0.3, -0.25) is 0 Å². The second-order valence-corrected chi connectivity index (χ2v) is 5.13. The summed E-state index contributed by atoms with van der Waals surface area (Å²) in [6, 6.07) is 3.94. The van der Waals surface area contributed by atoms with E-state index in [0.29, 0.717) is 5.82 Å². The highest BCUT2D eigenvalue weighted by atomic mass is 15.1. The maximum Gasteiger partial charge on any atom is 0.123 e. The molecule has 0 radical (unpaired) electrons. The van der Waals surface area contributed by atoms with Gasteiger partial charge in [0, 0.05) is 19.6 Å². The Kier molecular flexibility index (Phi) is 3.84. The summed E-state index contributed by atoms with van der Waals surface area (Å²) in [6.45, 7) is 3.46. The van der Waals surface area contributed by atoms with Crippen molar-refractivity contribution in [2.75, 3.05) is 44.4 Å². The van der Waals surface area contributed by atoms with E-state index in [1.807, 2.05) is 12.3 Å². The van der Waals surface area contributed by atoms with Crippen molar-refractivity contribution in [3.63, 3.8) is 0 Å². The summed E-state index contributed by atoms with van der Waals surface area (Å²) in [5.74, 6) is 1.43. The van der Waals surface area contributed by atoms with Crippen LogP contribution in [0.25, 0.3) is 0 Å². The van der Waals surface area contributed by atoms with Crippen molar-refractivity contribution in [2.24, 2.45) is 5.92 Å². The van der Waals surface area contributed by atoms with E-state index in [1.165, 1.54) is 25.1 Å². The van der Waals surface area contributed by atoms with Gasteiger partial charge in [-0.1, -0.05) is 0 Å². The zero-order valence-electron chi connectivity index (χ0n) is 10.8. The first-order chi connectivity index (χ1) is 8.15. The zero-order chi connectivity index (χ0) is 12.3. The van der Waals surface area contributed by atoms with Crippen molar-refractivity contribution in [3.05, 3.63) is 18.3 Å². The van der Waals surface area contributed by atoms with Gasteiger partial charge >= 0.3 is 0 Å². The van der Waals surface area contributed by atoms with Crippen LogP contribution in [0.1, 0.15) is 12.8 Å². The number of hydrogen-bond donors (Lipinski definition) is 1. The molecule has 4 heteroatoms. The van der Waals surface area contributed by atoms with Gasteiger partial charge < -0.3 is 15.5 Å². The van der Waals surface area contributed by atoms with Gasteiger partial charge in [0.05, 0.1) is 11.9 Å². The van der Waals surface area contributed by atoms with Crippen LogP contribution in [0.15, 0.2) is 18.3 Å². The lowest BCUT2D eigenvalue weighted by Crippen LogP contribution is -2.37. The fourth-order valence-electron chi connectivity index (χ4n) is 2.47. The lowest BCUT2D eigenvalue weighted by Gasteiger charge is -2.34. The van der Waals surface area contributed by atoms with E-state index in [9.17, 15) is 0 Å². The molecule has 2 rings (SSSR count). The first-order valence-electron chi connectivity index (χ1n) is 6.26. The van der Waals surface area contributed by atoms with E-state index < -0.39 is 0 Å². The Bertz CT molecular complexity index is 339. The fourth-order valence-corrected chi connectivity index (χ4v) is 2.47. The Morgan fingerprint density at radius 2 is 2.06 bits per heavy atom. The van der Waals surface area contributed by atoms with Crippen LogP contribution >= 0.6 is 0 Å². The molecule has 0 amide bonds. The summed E-state index contributed by atoms with van der Waals surface area (Å²) < 4.78 is 0. The second-order valence-electron chi connectivity index (χ2n) is 5.13. The summed E-state index contributed by atoms with van der Waals surface area (Å²) in [7, 11) is 4.30. The standard InChI is InChI=1S/C13H22N4/c1-16(2)10-11-5-7-17(8-6-11)12-3-4-13(14)15-9-12/h3-4,9,11H,5-8,10H2,1-2H3,(H2,14,15). The Morgan fingerprint density at radius 1 is 1.35 bits per heavy atom.